The van der Waals surface area contributed by atoms with Crippen molar-refractivity contribution in [3.05, 3.63) is 34.2 Å². The molecule has 3 heterocycles. The molecule has 1 aliphatic heterocycles. The number of carbonyl (C=O) groups excluding carboxylic acids is 3. The highest BCUT2D eigenvalue weighted by molar-refractivity contribution is 7.08. The molecule has 2 N–H and O–H groups in total. The first kappa shape index (κ1) is 16.2. The third kappa shape index (κ3) is 2.67. The van der Waals surface area contributed by atoms with Gasteiger partial charge in [0.1, 0.15) is 17.9 Å². The van der Waals surface area contributed by atoms with Gasteiger partial charge in [0.2, 0.25) is 5.91 Å². The first-order chi connectivity index (χ1) is 11.3. The molecule has 1 unspecified atom stereocenters. The van der Waals surface area contributed by atoms with Crippen molar-refractivity contribution in [2.45, 2.75) is 19.4 Å². The van der Waals surface area contributed by atoms with Gasteiger partial charge in [0.05, 0.1) is 5.69 Å². The highest BCUT2D eigenvalue weighted by atomic mass is 32.1. The standard InChI is InChI=1S/C15H17N5O3S/c1-9-6-11(19(3)18-9)16-12(21)7-20-13(22)15(2,17-14(20)23)10-4-5-24-8-10/h4-6,8H,7H2,1-3H3,(H,16,21)(H,17,23). The summed E-state index contributed by atoms with van der Waals surface area (Å²) in [5, 5.41) is 13.1. The van der Waals surface area contributed by atoms with Gasteiger partial charge in [0, 0.05) is 13.1 Å². The average molecular weight is 347 g/mol. The number of anilines is 1. The fourth-order valence-corrected chi connectivity index (χ4v) is 3.40. The minimum atomic E-state index is -1.14. The number of carbonyl (C=O) groups is 3. The van der Waals surface area contributed by atoms with Gasteiger partial charge in [0.25, 0.3) is 5.91 Å². The van der Waals surface area contributed by atoms with Crippen molar-refractivity contribution in [1.82, 2.24) is 20.0 Å². The van der Waals surface area contributed by atoms with Crippen LogP contribution in [0.4, 0.5) is 10.6 Å². The molecule has 1 saturated heterocycles. The van der Waals surface area contributed by atoms with Gasteiger partial charge in [-0.05, 0) is 36.2 Å². The summed E-state index contributed by atoms with van der Waals surface area (Å²) in [7, 11) is 1.70. The molecule has 0 saturated carbocycles. The van der Waals surface area contributed by atoms with E-state index in [9.17, 15) is 14.4 Å². The van der Waals surface area contributed by atoms with Crippen LogP contribution in [0.3, 0.4) is 0 Å². The summed E-state index contributed by atoms with van der Waals surface area (Å²) < 4.78 is 1.52. The molecule has 1 atom stereocenters. The van der Waals surface area contributed by atoms with E-state index in [0.717, 1.165) is 10.6 Å². The first-order valence-electron chi connectivity index (χ1n) is 7.28. The second-order valence-corrected chi connectivity index (χ2v) is 6.58. The molecule has 1 fully saturated rings. The van der Waals surface area contributed by atoms with Crippen LogP contribution in [0.1, 0.15) is 18.2 Å². The molecule has 9 heteroatoms. The number of nitrogens with one attached hydrogen (secondary N) is 2. The van der Waals surface area contributed by atoms with Crippen molar-refractivity contribution in [3.63, 3.8) is 0 Å². The Hall–Kier alpha value is -2.68. The number of hydrogen-bond acceptors (Lipinski definition) is 5. The molecule has 0 aliphatic carbocycles. The van der Waals surface area contributed by atoms with E-state index >= 15 is 0 Å². The maximum atomic E-state index is 12.6. The lowest BCUT2D eigenvalue weighted by Crippen LogP contribution is -2.41. The Morgan fingerprint density at radius 1 is 1.46 bits per heavy atom. The number of urea groups is 1. The van der Waals surface area contributed by atoms with Crippen LogP contribution in [0.25, 0.3) is 0 Å². The molecule has 3 rings (SSSR count). The molecule has 0 radical (unpaired) electrons. The van der Waals surface area contributed by atoms with Crippen molar-refractivity contribution in [1.29, 1.82) is 0 Å². The van der Waals surface area contributed by atoms with Crippen molar-refractivity contribution < 1.29 is 14.4 Å². The number of amides is 4. The van der Waals surface area contributed by atoms with E-state index in [1.54, 1.807) is 38.4 Å². The van der Waals surface area contributed by atoms with Gasteiger partial charge in [0.15, 0.2) is 0 Å². The Labute approximate surface area is 142 Å². The summed E-state index contributed by atoms with van der Waals surface area (Å²) in [4.78, 5) is 37.9. The van der Waals surface area contributed by atoms with Crippen molar-refractivity contribution in [2.24, 2.45) is 7.05 Å². The van der Waals surface area contributed by atoms with Gasteiger partial charge < -0.3 is 10.6 Å². The number of aryl methyl sites for hydroxylation is 2. The zero-order chi connectivity index (χ0) is 17.5. The van der Waals surface area contributed by atoms with Crippen LogP contribution in [0.5, 0.6) is 0 Å². The van der Waals surface area contributed by atoms with E-state index in [2.05, 4.69) is 15.7 Å². The Kier molecular flexibility index (Phi) is 3.88. The van der Waals surface area contributed by atoms with Gasteiger partial charge in [-0.3, -0.25) is 19.2 Å². The molecule has 126 valence electrons. The first-order valence-corrected chi connectivity index (χ1v) is 8.23. The minimum Gasteiger partial charge on any atom is -0.319 e. The smallest absolute Gasteiger partial charge is 0.319 e. The number of nitrogens with zero attached hydrogens (tertiary/aromatic N) is 3. The van der Waals surface area contributed by atoms with Crippen molar-refractivity contribution in [2.75, 3.05) is 11.9 Å². The zero-order valence-corrected chi connectivity index (χ0v) is 14.3. The van der Waals surface area contributed by atoms with Crippen LogP contribution in [0.15, 0.2) is 22.9 Å². The van der Waals surface area contributed by atoms with Crippen LogP contribution in [-0.2, 0) is 22.2 Å². The number of thiophene rings is 1. The Morgan fingerprint density at radius 2 is 2.21 bits per heavy atom. The molecule has 0 bridgehead atoms. The van der Waals surface area contributed by atoms with Crippen LogP contribution in [-0.4, -0.2) is 39.1 Å². The van der Waals surface area contributed by atoms with Gasteiger partial charge in [-0.15, -0.1) is 0 Å². The second-order valence-electron chi connectivity index (χ2n) is 5.80. The van der Waals surface area contributed by atoms with E-state index in [0.29, 0.717) is 11.4 Å². The van der Waals surface area contributed by atoms with E-state index < -0.39 is 23.4 Å². The number of aromatic nitrogens is 2. The highest BCUT2D eigenvalue weighted by Crippen LogP contribution is 2.30. The van der Waals surface area contributed by atoms with E-state index in [4.69, 9.17) is 0 Å². The Balaban J connectivity index is 1.73. The number of rotatable bonds is 4. The Morgan fingerprint density at radius 3 is 2.79 bits per heavy atom. The van der Waals surface area contributed by atoms with Crippen molar-refractivity contribution in [3.8, 4) is 0 Å². The summed E-state index contributed by atoms with van der Waals surface area (Å²) in [5.41, 5.74) is 0.323. The fraction of sp³-hybridized carbons (Fsp3) is 0.333. The normalized spacial score (nSPS) is 20.4. The number of hydrogen-bond donors (Lipinski definition) is 2. The predicted molar refractivity (Wildman–Crippen MR) is 88.5 cm³/mol. The second kappa shape index (κ2) is 5.75. The molecule has 2 aromatic heterocycles. The van der Waals surface area contributed by atoms with Gasteiger partial charge >= 0.3 is 6.03 Å². The van der Waals surface area contributed by atoms with Crippen molar-refractivity contribution >= 4 is 35.0 Å². The lowest BCUT2D eigenvalue weighted by Gasteiger charge is -2.20. The van der Waals surface area contributed by atoms with E-state index in [1.807, 2.05) is 5.38 Å². The van der Waals surface area contributed by atoms with E-state index in [-0.39, 0.29) is 6.54 Å². The SMILES string of the molecule is Cc1cc(NC(=O)CN2C(=O)NC(C)(c3ccsc3)C2=O)n(C)n1. The maximum absolute atomic E-state index is 12.6. The molecule has 8 nitrogen and oxygen atoms in total. The number of imide groups is 1. The quantitative estimate of drug-likeness (QED) is 0.812. The molecule has 2 aromatic rings. The third-order valence-electron chi connectivity index (χ3n) is 3.94. The van der Waals surface area contributed by atoms with Crippen LogP contribution in [0, 0.1) is 6.92 Å². The topological polar surface area (TPSA) is 96.3 Å². The molecule has 24 heavy (non-hydrogen) atoms. The van der Waals surface area contributed by atoms with Crippen LogP contribution in [0.2, 0.25) is 0 Å². The average Bonchev–Trinajstić information content (AvgIpc) is 3.18. The molecule has 1 aliphatic rings. The van der Waals surface area contributed by atoms with Gasteiger partial charge in [-0.1, -0.05) is 0 Å². The summed E-state index contributed by atoms with van der Waals surface area (Å²) in [6, 6.07) is 2.91. The van der Waals surface area contributed by atoms with Crippen LogP contribution < -0.4 is 10.6 Å². The molecular weight excluding hydrogens is 330 g/mol. The van der Waals surface area contributed by atoms with Crippen LogP contribution >= 0.6 is 11.3 Å². The summed E-state index contributed by atoms with van der Waals surface area (Å²) in [6.45, 7) is 3.09. The highest BCUT2D eigenvalue weighted by Gasteiger charge is 2.49. The molecule has 0 aromatic carbocycles. The van der Waals surface area contributed by atoms with Gasteiger partial charge in [-0.2, -0.15) is 16.4 Å². The monoisotopic (exact) mass is 347 g/mol. The molecule has 4 amide bonds. The lowest BCUT2D eigenvalue weighted by molar-refractivity contribution is -0.133. The summed E-state index contributed by atoms with van der Waals surface area (Å²) >= 11 is 1.44. The Bertz CT molecular complexity index is 813. The molecule has 0 spiro atoms. The lowest BCUT2D eigenvalue weighted by atomic mass is 9.95. The third-order valence-corrected chi connectivity index (χ3v) is 4.63. The fourth-order valence-electron chi connectivity index (χ4n) is 2.64. The predicted octanol–water partition coefficient (Wildman–Crippen LogP) is 1.20. The largest absolute Gasteiger partial charge is 0.325 e. The molecular formula is C15H17N5O3S. The maximum Gasteiger partial charge on any atom is 0.325 e. The minimum absolute atomic E-state index is 0.353. The van der Waals surface area contributed by atoms with Gasteiger partial charge in [-0.25, -0.2) is 4.79 Å². The zero-order valence-electron chi connectivity index (χ0n) is 13.5. The van der Waals surface area contributed by atoms with E-state index in [1.165, 1.54) is 16.0 Å². The summed E-state index contributed by atoms with van der Waals surface area (Å²) in [5.74, 6) is -0.400. The summed E-state index contributed by atoms with van der Waals surface area (Å²) in [6.07, 6.45) is 0.